The average molecular weight is 388 g/mol. The Bertz CT molecular complexity index is 869. The maximum Gasteiger partial charge on any atom is 0.317 e. The minimum absolute atomic E-state index is 0.0731. The molecule has 2 aromatic rings. The highest BCUT2D eigenvalue weighted by molar-refractivity contribution is 8.00. The Kier molecular flexibility index (Phi) is 6.95. The molecule has 0 fully saturated rings. The van der Waals surface area contributed by atoms with E-state index in [1.807, 2.05) is 32.0 Å². The highest BCUT2D eigenvalue weighted by Gasteiger charge is 2.20. The zero-order valence-corrected chi connectivity index (χ0v) is 16.0. The van der Waals surface area contributed by atoms with Crippen molar-refractivity contribution in [3.05, 3.63) is 63.7 Å². The number of nitro benzene ring substituents is 1. The fraction of sp³-hybridized carbons (Fsp3) is 0.263. The first-order chi connectivity index (χ1) is 12.8. The van der Waals surface area contributed by atoms with E-state index in [1.165, 1.54) is 13.0 Å². The molecule has 0 saturated carbocycles. The number of thioether (sulfide) groups is 1. The zero-order chi connectivity index (χ0) is 20.0. The third kappa shape index (κ3) is 5.82. The highest BCUT2D eigenvalue weighted by atomic mass is 32.2. The number of amides is 1. The molecule has 1 N–H and O–H groups in total. The summed E-state index contributed by atoms with van der Waals surface area (Å²) in [4.78, 5) is 35.1. The smallest absolute Gasteiger partial charge is 0.317 e. The van der Waals surface area contributed by atoms with Crippen molar-refractivity contribution in [2.75, 3.05) is 11.1 Å². The Balaban J connectivity index is 1.91. The molecule has 0 aliphatic rings. The molecule has 0 spiro atoms. The summed E-state index contributed by atoms with van der Waals surface area (Å²) in [6.07, 6.45) is -0.983. The van der Waals surface area contributed by atoms with E-state index in [4.69, 9.17) is 4.74 Å². The first-order valence-corrected chi connectivity index (χ1v) is 9.20. The molecule has 0 unspecified atom stereocenters. The number of rotatable bonds is 7. The van der Waals surface area contributed by atoms with Gasteiger partial charge in [-0.3, -0.25) is 19.7 Å². The van der Waals surface area contributed by atoms with Gasteiger partial charge < -0.3 is 10.1 Å². The lowest BCUT2D eigenvalue weighted by Crippen LogP contribution is -2.30. The lowest BCUT2D eigenvalue weighted by Gasteiger charge is -2.15. The van der Waals surface area contributed by atoms with Crippen molar-refractivity contribution >= 4 is 35.0 Å². The second-order valence-corrected chi connectivity index (χ2v) is 6.97. The summed E-state index contributed by atoms with van der Waals surface area (Å²) in [7, 11) is 0. The minimum Gasteiger partial charge on any atom is -0.452 e. The number of carbonyl (C=O) groups excluding carboxylic acids is 2. The molecule has 2 rings (SSSR count). The van der Waals surface area contributed by atoms with Crippen molar-refractivity contribution in [1.82, 2.24) is 0 Å². The number of hydrogen-bond acceptors (Lipinski definition) is 6. The molecule has 0 bridgehead atoms. The molecule has 7 nitrogen and oxygen atoms in total. The summed E-state index contributed by atoms with van der Waals surface area (Å²) >= 11 is 0.998. The van der Waals surface area contributed by atoms with Crippen LogP contribution in [0.2, 0.25) is 0 Å². The van der Waals surface area contributed by atoms with Gasteiger partial charge in [-0.15, -0.1) is 11.8 Å². The number of ether oxygens (including phenoxy) is 1. The largest absolute Gasteiger partial charge is 0.452 e. The summed E-state index contributed by atoms with van der Waals surface area (Å²) in [5.74, 6) is -1.19. The van der Waals surface area contributed by atoms with E-state index in [0.29, 0.717) is 10.6 Å². The van der Waals surface area contributed by atoms with Crippen molar-refractivity contribution < 1.29 is 19.2 Å². The Morgan fingerprint density at radius 1 is 1.22 bits per heavy atom. The molecule has 0 heterocycles. The van der Waals surface area contributed by atoms with Crippen LogP contribution in [0.15, 0.2) is 47.4 Å². The van der Waals surface area contributed by atoms with E-state index in [0.717, 1.165) is 22.9 Å². The summed E-state index contributed by atoms with van der Waals surface area (Å²) in [5, 5.41) is 13.7. The van der Waals surface area contributed by atoms with Gasteiger partial charge in [0.05, 0.1) is 15.6 Å². The number of aryl methyl sites for hydroxylation is 2. The van der Waals surface area contributed by atoms with E-state index >= 15 is 0 Å². The van der Waals surface area contributed by atoms with Crippen LogP contribution in [0.4, 0.5) is 11.4 Å². The molecule has 0 radical (unpaired) electrons. The molecule has 27 heavy (non-hydrogen) atoms. The number of hydrogen-bond donors (Lipinski definition) is 1. The van der Waals surface area contributed by atoms with Gasteiger partial charge in [-0.05, 0) is 44.0 Å². The van der Waals surface area contributed by atoms with Gasteiger partial charge in [0.2, 0.25) is 0 Å². The average Bonchev–Trinajstić information content (AvgIpc) is 2.63. The van der Waals surface area contributed by atoms with E-state index in [1.54, 1.807) is 18.2 Å². The molecule has 1 amide bonds. The number of nitro groups is 1. The molecule has 2 aromatic carbocycles. The summed E-state index contributed by atoms with van der Waals surface area (Å²) in [6, 6.07) is 11.8. The Morgan fingerprint density at radius 2 is 1.93 bits per heavy atom. The standard InChI is InChI=1S/C19H20N2O5S/c1-12-8-9-13(2)15(10-12)20-19(23)14(3)26-18(22)11-27-17-7-5-4-6-16(17)21(24)25/h4-10,14H,11H2,1-3H3,(H,20,23)/t14-/m0/s1. The number of benzene rings is 2. The first-order valence-electron chi connectivity index (χ1n) is 8.21. The quantitative estimate of drug-likeness (QED) is 0.335. The summed E-state index contributed by atoms with van der Waals surface area (Å²) < 4.78 is 5.13. The lowest BCUT2D eigenvalue weighted by molar-refractivity contribution is -0.387. The summed E-state index contributed by atoms with van der Waals surface area (Å²) in [5.41, 5.74) is 2.49. The Morgan fingerprint density at radius 3 is 2.63 bits per heavy atom. The van der Waals surface area contributed by atoms with Crippen LogP contribution in [0.25, 0.3) is 0 Å². The van der Waals surface area contributed by atoms with E-state index < -0.39 is 22.9 Å². The number of esters is 1. The number of para-hydroxylation sites is 1. The van der Waals surface area contributed by atoms with Crippen molar-refractivity contribution in [2.24, 2.45) is 0 Å². The molecular weight excluding hydrogens is 368 g/mol. The van der Waals surface area contributed by atoms with Gasteiger partial charge in [-0.1, -0.05) is 24.3 Å². The molecule has 0 saturated heterocycles. The highest BCUT2D eigenvalue weighted by Crippen LogP contribution is 2.28. The fourth-order valence-electron chi connectivity index (χ4n) is 2.26. The molecule has 0 aliphatic carbocycles. The molecule has 1 atom stereocenters. The third-order valence-corrected chi connectivity index (χ3v) is 4.77. The van der Waals surface area contributed by atoms with Crippen LogP contribution in [0.5, 0.6) is 0 Å². The number of carbonyl (C=O) groups is 2. The van der Waals surface area contributed by atoms with Gasteiger partial charge in [-0.25, -0.2) is 0 Å². The van der Waals surface area contributed by atoms with Gasteiger partial charge in [0.1, 0.15) is 0 Å². The lowest BCUT2D eigenvalue weighted by atomic mass is 10.1. The van der Waals surface area contributed by atoms with E-state index in [9.17, 15) is 19.7 Å². The first kappa shape index (κ1) is 20.4. The fourth-order valence-corrected chi connectivity index (χ4v) is 3.06. The van der Waals surface area contributed by atoms with Gasteiger partial charge in [-0.2, -0.15) is 0 Å². The van der Waals surface area contributed by atoms with E-state index in [-0.39, 0.29) is 11.4 Å². The molecular formula is C19H20N2O5S. The molecule has 0 aromatic heterocycles. The second kappa shape index (κ2) is 9.18. The monoisotopic (exact) mass is 388 g/mol. The van der Waals surface area contributed by atoms with Crippen molar-refractivity contribution in [3.8, 4) is 0 Å². The van der Waals surface area contributed by atoms with Crippen LogP contribution >= 0.6 is 11.8 Å². The normalized spacial score (nSPS) is 11.5. The Hall–Kier alpha value is -2.87. The van der Waals surface area contributed by atoms with Gasteiger partial charge in [0.15, 0.2) is 6.10 Å². The van der Waals surface area contributed by atoms with Crippen LogP contribution in [0.1, 0.15) is 18.1 Å². The van der Waals surface area contributed by atoms with Crippen LogP contribution < -0.4 is 5.32 Å². The minimum atomic E-state index is -0.983. The molecule has 142 valence electrons. The number of nitrogens with one attached hydrogen (secondary N) is 1. The van der Waals surface area contributed by atoms with Gasteiger partial charge >= 0.3 is 5.97 Å². The zero-order valence-electron chi connectivity index (χ0n) is 15.2. The van der Waals surface area contributed by atoms with Crippen molar-refractivity contribution in [2.45, 2.75) is 31.8 Å². The predicted molar refractivity (Wildman–Crippen MR) is 104 cm³/mol. The van der Waals surface area contributed by atoms with Crippen LogP contribution in [-0.2, 0) is 14.3 Å². The molecule has 8 heteroatoms. The van der Waals surface area contributed by atoms with Crippen LogP contribution in [0.3, 0.4) is 0 Å². The third-order valence-electron chi connectivity index (χ3n) is 3.74. The topological polar surface area (TPSA) is 98.5 Å². The van der Waals surface area contributed by atoms with Crippen LogP contribution in [-0.4, -0.2) is 28.7 Å². The molecule has 0 aliphatic heterocycles. The second-order valence-electron chi connectivity index (χ2n) is 5.95. The van der Waals surface area contributed by atoms with Crippen molar-refractivity contribution in [1.29, 1.82) is 0 Å². The maximum atomic E-state index is 12.2. The number of nitrogens with zero attached hydrogens (tertiary/aromatic N) is 1. The van der Waals surface area contributed by atoms with Gasteiger partial charge in [0, 0.05) is 11.8 Å². The van der Waals surface area contributed by atoms with Crippen LogP contribution in [0, 0.1) is 24.0 Å². The van der Waals surface area contributed by atoms with Crippen molar-refractivity contribution in [3.63, 3.8) is 0 Å². The Labute approximate surface area is 161 Å². The van der Waals surface area contributed by atoms with E-state index in [2.05, 4.69) is 5.32 Å². The maximum absolute atomic E-state index is 12.2. The SMILES string of the molecule is Cc1ccc(C)c(NC(=O)[C@H](C)OC(=O)CSc2ccccc2[N+](=O)[O-])c1. The number of anilines is 1. The van der Waals surface area contributed by atoms with Gasteiger partial charge in [0.25, 0.3) is 11.6 Å². The predicted octanol–water partition coefficient (Wildman–Crippen LogP) is 3.87. The summed E-state index contributed by atoms with van der Waals surface area (Å²) in [6.45, 7) is 5.27.